The first-order valence-electron chi connectivity index (χ1n) is 4.93. The zero-order valence-electron chi connectivity index (χ0n) is 8.40. The molecule has 0 spiro atoms. The van der Waals surface area contributed by atoms with Crippen LogP contribution in [0.4, 0.5) is 5.13 Å². The van der Waals surface area contributed by atoms with Crippen LogP contribution in [-0.2, 0) is 11.3 Å². The fourth-order valence-electron chi connectivity index (χ4n) is 1.59. The number of nitrogens with zero attached hydrogens (tertiary/aromatic N) is 2. The van der Waals surface area contributed by atoms with Gasteiger partial charge in [-0.3, -0.25) is 9.69 Å². The SMILES string of the molecule is Nc1ncc(CN2CCNC(=O)CC2)s1. The number of nitrogen functional groups attached to an aromatic ring is 1. The monoisotopic (exact) mass is 226 g/mol. The predicted molar refractivity (Wildman–Crippen MR) is 59.4 cm³/mol. The number of rotatable bonds is 2. The molecule has 1 fully saturated rings. The van der Waals surface area contributed by atoms with E-state index in [9.17, 15) is 4.79 Å². The van der Waals surface area contributed by atoms with Crippen molar-refractivity contribution in [1.82, 2.24) is 15.2 Å². The zero-order chi connectivity index (χ0) is 10.7. The van der Waals surface area contributed by atoms with Crippen molar-refractivity contribution in [3.05, 3.63) is 11.1 Å². The van der Waals surface area contributed by atoms with Crippen molar-refractivity contribution >= 4 is 22.4 Å². The Labute approximate surface area is 92.3 Å². The largest absolute Gasteiger partial charge is 0.375 e. The number of aromatic nitrogens is 1. The number of hydrogen-bond acceptors (Lipinski definition) is 5. The molecule has 2 heterocycles. The van der Waals surface area contributed by atoms with Crippen LogP contribution < -0.4 is 11.1 Å². The van der Waals surface area contributed by atoms with Crippen LogP contribution >= 0.6 is 11.3 Å². The third-order valence-electron chi connectivity index (χ3n) is 2.36. The third kappa shape index (κ3) is 2.90. The molecule has 15 heavy (non-hydrogen) atoms. The molecule has 0 aromatic carbocycles. The van der Waals surface area contributed by atoms with E-state index in [1.165, 1.54) is 11.3 Å². The lowest BCUT2D eigenvalue weighted by Gasteiger charge is -2.17. The number of carbonyl (C=O) groups excluding carboxylic acids is 1. The Morgan fingerprint density at radius 1 is 1.60 bits per heavy atom. The molecule has 0 saturated carbocycles. The van der Waals surface area contributed by atoms with Gasteiger partial charge in [0.15, 0.2) is 5.13 Å². The minimum Gasteiger partial charge on any atom is -0.375 e. The zero-order valence-corrected chi connectivity index (χ0v) is 9.22. The van der Waals surface area contributed by atoms with Crippen molar-refractivity contribution in [3.63, 3.8) is 0 Å². The molecule has 5 nitrogen and oxygen atoms in total. The summed E-state index contributed by atoms with van der Waals surface area (Å²) in [7, 11) is 0. The second kappa shape index (κ2) is 4.59. The molecule has 6 heteroatoms. The van der Waals surface area contributed by atoms with E-state index in [1.54, 1.807) is 6.20 Å². The van der Waals surface area contributed by atoms with Crippen LogP contribution in [0.5, 0.6) is 0 Å². The minimum absolute atomic E-state index is 0.140. The highest BCUT2D eigenvalue weighted by atomic mass is 32.1. The summed E-state index contributed by atoms with van der Waals surface area (Å²) in [5, 5.41) is 3.45. The second-order valence-corrected chi connectivity index (χ2v) is 4.69. The molecule has 1 amide bonds. The first kappa shape index (κ1) is 10.4. The normalized spacial score (nSPS) is 18.5. The van der Waals surface area contributed by atoms with Crippen molar-refractivity contribution in [1.29, 1.82) is 0 Å². The number of carbonyl (C=O) groups is 1. The van der Waals surface area contributed by atoms with E-state index in [1.807, 2.05) is 0 Å². The van der Waals surface area contributed by atoms with Crippen LogP contribution in [0.15, 0.2) is 6.20 Å². The lowest BCUT2D eigenvalue weighted by Crippen LogP contribution is -2.27. The van der Waals surface area contributed by atoms with Crippen molar-refractivity contribution < 1.29 is 4.79 Å². The molecule has 0 atom stereocenters. The molecule has 1 saturated heterocycles. The van der Waals surface area contributed by atoms with E-state index in [4.69, 9.17) is 5.73 Å². The molecule has 0 radical (unpaired) electrons. The van der Waals surface area contributed by atoms with Gasteiger partial charge in [-0.05, 0) is 0 Å². The summed E-state index contributed by atoms with van der Waals surface area (Å²) in [5.74, 6) is 0.140. The average molecular weight is 226 g/mol. The Balaban J connectivity index is 1.91. The van der Waals surface area contributed by atoms with Gasteiger partial charge < -0.3 is 11.1 Å². The van der Waals surface area contributed by atoms with Gasteiger partial charge in [0.1, 0.15) is 0 Å². The third-order valence-corrected chi connectivity index (χ3v) is 3.17. The van der Waals surface area contributed by atoms with Gasteiger partial charge in [0.05, 0.1) is 0 Å². The van der Waals surface area contributed by atoms with Crippen molar-refractivity contribution in [2.75, 3.05) is 25.4 Å². The van der Waals surface area contributed by atoms with Crippen molar-refractivity contribution in [2.24, 2.45) is 0 Å². The van der Waals surface area contributed by atoms with Gasteiger partial charge >= 0.3 is 0 Å². The number of hydrogen-bond donors (Lipinski definition) is 2. The summed E-state index contributed by atoms with van der Waals surface area (Å²) in [6.45, 7) is 3.27. The maximum atomic E-state index is 11.1. The lowest BCUT2D eigenvalue weighted by molar-refractivity contribution is -0.120. The van der Waals surface area contributed by atoms with Gasteiger partial charge in [0.25, 0.3) is 0 Å². The van der Waals surface area contributed by atoms with E-state index in [0.29, 0.717) is 11.6 Å². The van der Waals surface area contributed by atoms with Gasteiger partial charge in [-0.1, -0.05) is 0 Å². The minimum atomic E-state index is 0.140. The van der Waals surface area contributed by atoms with E-state index in [2.05, 4.69) is 15.2 Å². The summed E-state index contributed by atoms with van der Waals surface area (Å²) >= 11 is 1.51. The van der Waals surface area contributed by atoms with Gasteiger partial charge in [-0.25, -0.2) is 4.98 Å². The molecule has 1 aliphatic rings. The maximum absolute atomic E-state index is 11.1. The molecule has 0 unspecified atom stereocenters. The molecule has 2 rings (SSSR count). The van der Waals surface area contributed by atoms with Gasteiger partial charge in [-0.2, -0.15) is 0 Å². The summed E-state index contributed by atoms with van der Waals surface area (Å²) in [4.78, 5) is 18.5. The van der Waals surface area contributed by atoms with Gasteiger partial charge in [0, 0.05) is 43.7 Å². The molecule has 3 N–H and O–H groups in total. The van der Waals surface area contributed by atoms with Crippen LogP contribution in [0.1, 0.15) is 11.3 Å². The molecular weight excluding hydrogens is 212 g/mol. The Morgan fingerprint density at radius 2 is 2.47 bits per heavy atom. The van der Waals surface area contributed by atoms with E-state index >= 15 is 0 Å². The molecule has 1 aromatic heterocycles. The lowest BCUT2D eigenvalue weighted by atomic mass is 10.3. The number of nitrogens with one attached hydrogen (secondary N) is 1. The van der Waals surface area contributed by atoms with E-state index < -0.39 is 0 Å². The fourth-order valence-corrected chi connectivity index (χ4v) is 2.31. The Hall–Kier alpha value is -1.14. The number of nitrogens with two attached hydrogens (primary N) is 1. The Kier molecular flexibility index (Phi) is 3.17. The number of thiazole rings is 1. The highest BCUT2D eigenvalue weighted by Gasteiger charge is 2.14. The molecule has 82 valence electrons. The van der Waals surface area contributed by atoms with Crippen LogP contribution in [0.25, 0.3) is 0 Å². The molecule has 1 aromatic rings. The van der Waals surface area contributed by atoms with Gasteiger partial charge in [0.2, 0.25) is 5.91 Å². The van der Waals surface area contributed by atoms with Crippen LogP contribution in [0, 0.1) is 0 Å². The van der Waals surface area contributed by atoms with Crippen LogP contribution in [0.3, 0.4) is 0 Å². The number of anilines is 1. The fraction of sp³-hybridized carbons (Fsp3) is 0.556. The second-order valence-electron chi connectivity index (χ2n) is 3.54. The molecular formula is C9H14N4OS. The molecule has 0 aliphatic carbocycles. The highest BCUT2D eigenvalue weighted by Crippen LogP contribution is 2.16. The van der Waals surface area contributed by atoms with Crippen molar-refractivity contribution in [2.45, 2.75) is 13.0 Å². The first-order valence-corrected chi connectivity index (χ1v) is 5.75. The van der Waals surface area contributed by atoms with E-state index in [-0.39, 0.29) is 5.91 Å². The number of amides is 1. The topological polar surface area (TPSA) is 71.2 Å². The maximum Gasteiger partial charge on any atom is 0.221 e. The summed E-state index contributed by atoms with van der Waals surface area (Å²) < 4.78 is 0. The highest BCUT2D eigenvalue weighted by molar-refractivity contribution is 7.15. The quantitative estimate of drug-likeness (QED) is 0.747. The Bertz CT molecular complexity index is 352. The smallest absolute Gasteiger partial charge is 0.221 e. The molecule has 0 bridgehead atoms. The van der Waals surface area contributed by atoms with Crippen LogP contribution in [-0.4, -0.2) is 35.4 Å². The van der Waals surface area contributed by atoms with Crippen LogP contribution in [0.2, 0.25) is 0 Å². The van der Waals surface area contributed by atoms with Gasteiger partial charge in [-0.15, -0.1) is 11.3 Å². The summed E-state index contributed by atoms with van der Waals surface area (Å²) in [6.07, 6.45) is 2.38. The first-order chi connectivity index (χ1) is 7.24. The Morgan fingerprint density at radius 3 is 3.20 bits per heavy atom. The molecule has 1 aliphatic heterocycles. The van der Waals surface area contributed by atoms with Crippen molar-refractivity contribution in [3.8, 4) is 0 Å². The summed E-state index contributed by atoms with van der Waals surface area (Å²) in [5.41, 5.74) is 5.56. The predicted octanol–water partition coefficient (Wildman–Crippen LogP) is 0.0472. The average Bonchev–Trinajstić information content (AvgIpc) is 2.48. The van der Waals surface area contributed by atoms with E-state index in [0.717, 1.165) is 31.1 Å². The standard InChI is InChI=1S/C9H14N4OS/c10-9-12-5-7(15-9)6-13-3-1-8(14)11-2-4-13/h5H,1-4,6H2,(H2,10,12)(H,11,14). The summed E-state index contributed by atoms with van der Waals surface area (Å²) in [6, 6.07) is 0.